The highest BCUT2D eigenvalue weighted by molar-refractivity contribution is 5.61. The molecule has 1 unspecified atom stereocenters. The van der Waals surface area contributed by atoms with Crippen molar-refractivity contribution in [3.63, 3.8) is 0 Å². The van der Waals surface area contributed by atoms with Crippen LogP contribution in [-0.2, 0) is 6.54 Å². The molecule has 0 aliphatic rings. The first-order valence-electron chi connectivity index (χ1n) is 6.98. The molecule has 1 N–H and O–H groups in total. The lowest BCUT2D eigenvalue weighted by Crippen LogP contribution is -2.33. The molecule has 0 saturated heterocycles. The van der Waals surface area contributed by atoms with Crippen molar-refractivity contribution in [3.05, 3.63) is 42.7 Å². The van der Waals surface area contributed by atoms with Gasteiger partial charge in [0.15, 0.2) is 0 Å². The topological polar surface area (TPSA) is 29.9 Å². The van der Waals surface area contributed by atoms with Gasteiger partial charge in [0.2, 0.25) is 0 Å². The van der Waals surface area contributed by atoms with Crippen molar-refractivity contribution >= 4 is 0 Å². The summed E-state index contributed by atoms with van der Waals surface area (Å²) in [4.78, 5) is 0. The largest absolute Gasteiger partial charge is 0.312 e. The minimum Gasteiger partial charge on any atom is -0.312 e. The van der Waals surface area contributed by atoms with Crippen molar-refractivity contribution in [2.24, 2.45) is 5.92 Å². The van der Waals surface area contributed by atoms with Gasteiger partial charge in [-0.3, -0.25) is 4.68 Å². The van der Waals surface area contributed by atoms with Crippen LogP contribution in [0.2, 0.25) is 0 Å². The van der Waals surface area contributed by atoms with E-state index in [1.54, 1.807) is 0 Å². The molecule has 2 rings (SSSR count). The Kier molecular flexibility index (Phi) is 4.74. The third kappa shape index (κ3) is 3.93. The first-order valence-corrected chi connectivity index (χ1v) is 6.98. The highest BCUT2D eigenvalue weighted by atomic mass is 15.3. The van der Waals surface area contributed by atoms with Gasteiger partial charge in [-0.15, -0.1) is 0 Å². The van der Waals surface area contributed by atoms with Crippen LogP contribution in [0.3, 0.4) is 0 Å². The molecule has 0 fully saturated rings. The Balaban J connectivity index is 1.88. The first kappa shape index (κ1) is 13.8. The zero-order chi connectivity index (χ0) is 13.7. The highest BCUT2D eigenvalue weighted by Gasteiger charge is 2.06. The Hall–Kier alpha value is -1.61. The summed E-state index contributed by atoms with van der Waals surface area (Å²) in [5.41, 5.74) is 2.40. The number of aromatic nitrogens is 2. The van der Waals surface area contributed by atoms with Crippen LogP contribution in [0.1, 0.15) is 20.8 Å². The predicted octanol–water partition coefficient (Wildman–Crippen LogP) is 3.18. The van der Waals surface area contributed by atoms with E-state index in [1.165, 1.54) is 11.1 Å². The number of hydrogen-bond acceptors (Lipinski definition) is 2. The molecule has 0 saturated carbocycles. The summed E-state index contributed by atoms with van der Waals surface area (Å²) in [5.74, 6) is 0.664. The van der Waals surface area contributed by atoms with Crippen LogP contribution in [0.15, 0.2) is 42.7 Å². The summed E-state index contributed by atoms with van der Waals surface area (Å²) in [5, 5.41) is 7.93. The van der Waals surface area contributed by atoms with Crippen molar-refractivity contribution in [2.75, 3.05) is 6.54 Å². The Morgan fingerprint density at radius 1 is 1.11 bits per heavy atom. The minimum absolute atomic E-state index is 0.546. The second-order valence-corrected chi connectivity index (χ2v) is 5.34. The van der Waals surface area contributed by atoms with Crippen LogP contribution in [-0.4, -0.2) is 22.4 Å². The molecular formula is C16H23N3. The van der Waals surface area contributed by atoms with Crippen LogP contribution in [0, 0.1) is 5.92 Å². The molecule has 3 heteroatoms. The Bertz CT molecular complexity index is 488. The summed E-state index contributed by atoms with van der Waals surface area (Å²) in [6, 6.07) is 10.9. The summed E-state index contributed by atoms with van der Waals surface area (Å²) < 4.78 is 2.00. The third-order valence-corrected chi connectivity index (χ3v) is 3.55. The van der Waals surface area contributed by atoms with Crippen LogP contribution >= 0.6 is 0 Å². The van der Waals surface area contributed by atoms with Gasteiger partial charge in [-0.25, -0.2) is 0 Å². The SMILES string of the molecule is CC(C)C(C)NCCn1cc(-c2ccccc2)cn1. The summed E-state index contributed by atoms with van der Waals surface area (Å²) in [6.07, 6.45) is 4.04. The molecule has 1 heterocycles. The van der Waals surface area contributed by atoms with Gasteiger partial charge in [0, 0.05) is 24.3 Å². The van der Waals surface area contributed by atoms with Gasteiger partial charge in [-0.1, -0.05) is 44.2 Å². The number of rotatable bonds is 6. The normalized spacial score (nSPS) is 12.8. The van der Waals surface area contributed by atoms with Crippen LogP contribution in [0.4, 0.5) is 0 Å². The molecule has 0 aliphatic carbocycles. The second-order valence-electron chi connectivity index (χ2n) is 5.34. The molecular weight excluding hydrogens is 234 g/mol. The molecule has 0 spiro atoms. The fraction of sp³-hybridized carbons (Fsp3) is 0.438. The van der Waals surface area contributed by atoms with Crippen molar-refractivity contribution in [1.29, 1.82) is 0 Å². The van der Waals surface area contributed by atoms with Gasteiger partial charge in [0.25, 0.3) is 0 Å². The molecule has 0 aliphatic heterocycles. The zero-order valence-corrected chi connectivity index (χ0v) is 12.0. The number of nitrogens with zero attached hydrogens (tertiary/aromatic N) is 2. The van der Waals surface area contributed by atoms with Crippen LogP contribution < -0.4 is 5.32 Å². The van der Waals surface area contributed by atoms with E-state index in [4.69, 9.17) is 0 Å². The van der Waals surface area contributed by atoms with Gasteiger partial charge >= 0.3 is 0 Å². The van der Waals surface area contributed by atoms with Gasteiger partial charge in [0.05, 0.1) is 12.7 Å². The van der Waals surface area contributed by atoms with E-state index in [9.17, 15) is 0 Å². The quantitative estimate of drug-likeness (QED) is 0.861. The molecule has 102 valence electrons. The average molecular weight is 257 g/mol. The lowest BCUT2D eigenvalue weighted by Gasteiger charge is -2.17. The highest BCUT2D eigenvalue weighted by Crippen LogP contribution is 2.17. The van der Waals surface area contributed by atoms with Crippen molar-refractivity contribution in [3.8, 4) is 11.1 Å². The van der Waals surface area contributed by atoms with E-state index < -0.39 is 0 Å². The smallest absolute Gasteiger partial charge is 0.0568 e. The average Bonchev–Trinajstić information content (AvgIpc) is 2.88. The van der Waals surface area contributed by atoms with E-state index in [0.29, 0.717) is 12.0 Å². The molecule has 1 aromatic heterocycles. The lowest BCUT2D eigenvalue weighted by molar-refractivity contribution is 0.410. The van der Waals surface area contributed by atoms with E-state index >= 15 is 0 Å². The van der Waals surface area contributed by atoms with Gasteiger partial charge < -0.3 is 5.32 Å². The molecule has 0 amide bonds. The zero-order valence-electron chi connectivity index (χ0n) is 12.0. The standard InChI is InChI=1S/C16H23N3/c1-13(2)14(3)17-9-10-19-12-16(11-18-19)15-7-5-4-6-8-15/h4-8,11-14,17H,9-10H2,1-3H3. The monoisotopic (exact) mass is 257 g/mol. The number of hydrogen-bond donors (Lipinski definition) is 1. The molecule has 0 bridgehead atoms. The van der Waals surface area contributed by atoms with Crippen LogP contribution in [0.5, 0.6) is 0 Å². The molecule has 1 aromatic carbocycles. The fourth-order valence-corrected chi connectivity index (χ4v) is 1.91. The summed E-state index contributed by atoms with van der Waals surface area (Å²) >= 11 is 0. The van der Waals surface area contributed by atoms with Crippen LogP contribution in [0.25, 0.3) is 11.1 Å². The predicted molar refractivity (Wildman–Crippen MR) is 80.0 cm³/mol. The Morgan fingerprint density at radius 3 is 2.53 bits per heavy atom. The molecule has 3 nitrogen and oxygen atoms in total. The van der Waals surface area contributed by atoms with Crippen molar-refractivity contribution in [1.82, 2.24) is 15.1 Å². The van der Waals surface area contributed by atoms with E-state index in [-0.39, 0.29) is 0 Å². The molecule has 2 aromatic rings. The van der Waals surface area contributed by atoms with E-state index in [2.05, 4.69) is 61.6 Å². The van der Waals surface area contributed by atoms with Gasteiger partial charge in [0.1, 0.15) is 0 Å². The van der Waals surface area contributed by atoms with E-state index in [1.807, 2.05) is 16.9 Å². The van der Waals surface area contributed by atoms with E-state index in [0.717, 1.165) is 13.1 Å². The number of benzene rings is 1. The molecule has 19 heavy (non-hydrogen) atoms. The maximum absolute atomic E-state index is 4.41. The molecule has 0 radical (unpaired) electrons. The third-order valence-electron chi connectivity index (χ3n) is 3.55. The van der Waals surface area contributed by atoms with Crippen molar-refractivity contribution < 1.29 is 0 Å². The number of nitrogens with one attached hydrogen (secondary N) is 1. The Labute approximate surface area is 115 Å². The van der Waals surface area contributed by atoms with Gasteiger partial charge in [-0.2, -0.15) is 5.10 Å². The van der Waals surface area contributed by atoms with Gasteiger partial charge in [-0.05, 0) is 18.4 Å². The lowest BCUT2D eigenvalue weighted by atomic mass is 10.1. The molecule has 1 atom stereocenters. The first-order chi connectivity index (χ1) is 9.16. The second kappa shape index (κ2) is 6.53. The summed E-state index contributed by atoms with van der Waals surface area (Å²) in [7, 11) is 0. The maximum atomic E-state index is 4.41. The minimum atomic E-state index is 0.546. The Morgan fingerprint density at radius 2 is 1.84 bits per heavy atom. The maximum Gasteiger partial charge on any atom is 0.0568 e. The fourth-order valence-electron chi connectivity index (χ4n) is 1.91. The van der Waals surface area contributed by atoms with Crippen molar-refractivity contribution in [2.45, 2.75) is 33.4 Å². The summed E-state index contributed by atoms with van der Waals surface area (Å²) in [6.45, 7) is 8.56.